The Hall–Kier alpha value is -1.59. The lowest BCUT2D eigenvalue weighted by atomic mass is 10.1. The summed E-state index contributed by atoms with van der Waals surface area (Å²) in [4.78, 5) is 4.15. The number of nitrogens with zero attached hydrogens (tertiary/aromatic N) is 1. The van der Waals surface area contributed by atoms with Gasteiger partial charge in [-0.05, 0) is 42.3 Å². The molecular weight excluding hydrogens is 544 g/mol. The molecule has 0 aliphatic rings. The van der Waals surface area contributed by atoms with Crippen LogP contribution in [0.2, 0.25) is 5.02 Å². The molecule has 0 bridgehead atoms. The normalized spacial score (nSPS) is 11.6. The molecule has 2 aromatic rings. The summed E-state index contributed by atoms with van der Waals surface area (Å²) >= 11 is 6.02. The van der Waals surface area contributed by atoms with Crippen molar-refractivity contribution in [1.29, 1.82) is 0 Å². The minimum Gasteiger partial charge on any atom is -0.493 e. The van der Waals surface area contributed by atoms with Gasteiger partial charge in [-0.2, -0.15) is 0 Å². The molecule has 0 fully saturated rings. The van der Waals surface area contributed by atoms with Gasteiger partial charge < -0.3 is 15.4 Å². The van der Waals surface area contributed by atoms with E-state index in [2.05, 4.69) is 15.6 Å². The summed E-state index contributed by atoms with van der Waals surface area (Å²) in [5.41, 5.74) is 2.01. The minimum atomic E-state index is -3.24. The van der Waals surface area contributed by atoms with Crippen molar-refractivity contribution in [2.24, 2.45) is 4.99 Å². The molecular formula is C20H26ClFIN3O3S. The Bertz CT molecular complexity index is 987. The summed E-state index contributed by atoms with van der Waals surface area (Å²) in [7, 11) is -1.62. The van der Waals surface area contributed by atoms with Crippen molar-refractivity contribution in [3.05, 3.63) is 63.9 Å². The number of hydrogen-bond acceptors (Lipinski definition) is 4. The van der Waals surface area contributed by atoms with Crippen LogP contribution in [0.1, 0.15) is 23.6 Å². The van der Waals surface area contributed by atoms with Crippen LogP contribution in [-0.2, 0) is 28.7 Å². The van der Waals surface area contributed by atoms with Gasteiger partial charge in [-0.25, -0.2) is 12.8 Å². The van der Waals surface area contributed by atoms with E-state index in [4.69, 9.17) is 16.3 Å². The van der Waals surface area contributed by atoms with E-state index < -0.39 is 15.7 Å². The molecule has 0 aliphatic carbocycles. The summed E-state index contributed by atoms with van der Waals surface area (Å²) in [6.45, 7) is 3.07. The van der Waals surface area contributed by atoms with Crippen LogP contribution in [0.15, 0.2) is 41.4 Å². The zero-order chi connectivity index (χ0) is 21.4. The lowest BCUT2D eigenvalue weighted by Gasteiger charge is -2.16. The number of aliphatic imine (C=N–C) groups is 1. The Kier molecular flexibility index (Phi) is 10.9. The summed E-state index contributed by atoms with van der Waals surface area (Å²) < 4.78 is 42.5. The van der Waals surface area contributed by atoms with Crippen molar-refractivity contribution >= 4 is 51.4 Å². The summed E-state index contributed by atoms with van der Waals surface area (Å²) in [6, 6.07) is 9.47. The van der Waals surface area contributed by atoms with Crippen molar-refractivity contribution in [2.45, 2.75) is 25.8 Å². The fourth-order valence-electron chi connectivity index (χ4n) is 2.73. The van der Waals surface area contributed by atoms with Crippen molar-refractivity contribution < 1.29 is 17.5 Å². The Morgan fingerprint density at radius 2 is 1.73 bits per heavy atom. The van der Waals surface area contributed by atoms with Gasteiger partial charge in [-0.3, -0.25) is 4.99 Å². The van der Waals surface area contributed by atoms with Gasteiger partial charge in [0, 0.05) is 37.0 Å². The maximum atomic E-state index is 13.7. The van der Waals surface area contributed by atoms with Gasteiger partial charge in [-0.1, -0.05) is 23.7 Å². The lowest BCUT2D eigenvalue weighted by Crippen LogP contribution is -2.36. The van der Waals surface area contributed by atoms with Crippen LogP contribution in [-0.4, -0.2) is 34.3 Å². The number of guanidine groups is 1. The topological polar surface area (TPSA) is 79.8 Å². The highest BCUT2D eigenvalue weighted by molar-refractivity contribution is 14.0. The van der Waals surface area contributed by atoms with Gasteiger partial charge in [-0.15, -0.1) is 24.0 Å². The Morgan fingerprint density at radius 1 is 1.10 bits per heavy atom. The molecule has 166 valence electrons. The second kappa shape index (κ2) is 12.3. The zero-order valence-electron chi connectivity index (χ0n) is 17.0. The third kappa shape index (κ3) is 8.65. The molecule has 0 atom stereocenters. The van der Waals surface area contributed by atoms with Gasteiger partial charge in [0.05, 0.1) is 12.4 Å². The quantitative estimate of drug-likeness (QED) is 0.286. The first-order valence-electron chi connectivity index (χ1n) is 9.02. The Morgan fingerprint density at radius 3 is 2.33 bits per heavy atom. The van der Waals surface area contributed by atoms with Crippen LogP contribution in [0, 0.1) is 5.82 Å². The predicted molar refractivity (Wildman–Crippen MR) is 130 cm³/mol. The van der Waals surface area contributed by atoms with Crippen LogP contribution >= 0.6 is 35.6 Å². The molecule has 10 heteroatoms. The number of ether oxygens (including phenoxy) is 1. The molecule has 2 N–H and O–H groups in total. The summed E-state index contributed by atoms with van der Waals surface area (Å²) in [6.07, 6.45) is 1.15. The number of benzene rings is 2. The molecule has 2 aromatic carbocycles. The van der Waals surface area contributed by atoms with Gasteiger partial charge in [0.2, 0.25) is 0 Å². The SMILES string of the molecule is CCOc1cc(Cl)ccc1CNC(=NC)NCc1cc(F)ccc1CS(C)(=O)=O.I. The Labute approximate surface area is 199 Å². The van der Waals surface area contributed by atoms with E-state index in [0.29, 0.717) is 41.0 Å². The van der Waals surface area contributed by atoms with Crippen molar-refractivity contribution in [1.82, 2.24) is 10.6 Å². The van der Waals surface area contributed by atoms with Crippen LogP contribution < -0.4 is 15.4 Å². The van der Waals surface area contributed by atoms with E-state index >= 15 is 0 Å². The first kappa shape index (κ1) is 26.4. The molecule has 0 aromatic heterocycles. The highest BCUT2D eigenvalue weighted by Crippen LogP contribution is 2.23. The molecule has 30 heavy (non-hydrogen) atoms. The summed E-state index contributed by atoms with van der Waals surface area (Å²) in [5, 5.41) is 6.83. The molecule has 6 nitrogen and oxygen atoms in total. The monoisotopic (exact) mass is 569 g/mol. The van der Waals surface area contributed by atoms with Gasteiger partial charge in [0.15, 0.2) is 15.8 Å². The lowest BCUT2D eigenvalue weighted by molar-refractivity contribution is 0.336. The average Bonchev–Trinajstić information content (AvgIpc) is 2.64. The second-order valence-corrected chi connectivity index (χ2v) is 9.02. The second-order valence-electron chi connectivity index (χ2n) is 6.45. The number of halogens is 3. The van der Waals surface area contributed by atoms with E-state index in [1.54, 1.807) is 19.2 Å². The number of rotatable bonds is 8. The van der Waals surface area contributed by atoms with E-state index in [1.807, 2.05) is 13.0 Å². The average molecular weight is 570 g/mol. The van der Waals surface area contributed by atoms with Crippen molar-refractivity contribution in [2.75, 3.05) is 19.9 Å². The maximum absolute atomic E-state index is 13.7. The first-order valence-corrected chi connectivity index (χ1v) is 11.5. The van der Waals surface area contributed by atoms with Crippen molar-refractivity contribution in [3.63, 3.8) is 0 Å². The van der Waals surface area contributed by atoms with Gasteiger partial charge >= 0.3 is 0 Å². The van der Waals surface area contributed by atoms with Gasteiger partial charge in [0.1, 0.15) is 11.6 Å². The third-order valence-corrected chi connectivity index (χ3v) is 5.10. The molecule has 0 saturated carbocycles. The zero-order valence-corrected chi connectivity index (χ0v) is 20.9. The molecule has 0 unspecified atom stereocenters. The fraction of sp³-hybridized carbons (Fsp3) is 0.350. The van der Waals surface area contributed by atoms with E-state index in [1.165, 1.54) is 18.2 Å². The Balaban J connectivity index is 0.00000450. The molecule has 0 aliphatic heterocycles. The number of hydrogen-bond donors (Lipinski definition) is 2. The first-order chi connectivity index (χ1) is 13.7. The van der Waals surface area contributed by atoms with Crippen LogP contribution in [0.3, 0.4) is 0 Å². The predicted octanol–water partition coefficient (Wildman–Crippen LogP) is 3.91. The molecule has 0 saturated heterocycles. The maximum Gasteiger partial charge on any atom is 0.191 e. The number of sulfone groups is 1. The van der Waals surface area contributed by atoms with Crippen molar-refractivity contribution in [3.8, 4) is 5.75 Å². The molecule has 0 radical (unpaired) electrons. The smallest absolute Gasteiger partial charge is 0.191 e. The van der Waals surface area contributed by atoms with Gasteiger partial charge in [0.25, 0.3) is 0 Å². The molecule has 0 spiro atoms. The molecule has 2 rings (SSSR count). The van der Waals surface area contributed by atoms with E-state index in [9.17, 15) is 12.8 Å². The highest BCUT2D eigenvalue weighted by Gasteiger charge is 2.12. The highest BCUT2D eigenvalue weighted by atomic mass is 127. The van der Waals surface area contributed by atoms with E-state index in [-0.39, 0.29) is 36.3 Å². The fourth-order valence-corrected chi connectivity index (χ4v) is 3.73. The molecule has 0 amide bonds. The minimum absolute atomic E-state index is 0. The third-order valence-electron chi connectivity index (χ3n) is 4.03. The van der Waals surface area contributed by atoms with Crippen LogP contribution in [0.25, 0.3) is 0 Å². The largest absolute Gasteiger partial charge is 0.493 e. The standard InChI is InChI=1S/C20H25ClFN3O3S.HI/c1-4-28-19-10-17(21)7-5-14(19)11-24-20(23-2)25-12-16-9-18(22)8-6-15(16)13-29(3,26)27;/h5-10H,4,11-13H2,1-3H3,(H2,23,24,25);1H. The van der Waals surface area contributed by atoms with Crippen LogP contribution in [0.5, 0.6) is 5.75 Å². The van der Waals surface area contributed by atoms with Crippen LogP contribution in [0.4, 0.5) is 4.39 Å². The summed E-state index contributed by atoms with van der Waals surface area (Å²) in [5.74, 6) is 0.587. The van der Waals surface area contributed by atoms with E-state index in [0.717, 1.165) is 11.8 Å². The number of nitrogens with one attached hydrogen (secondary N) is 2. The molecule has 0 heterocycles.